The average molecular weight is 357 g/mol. The second-order valence-electron chi connectivity index (χ2n) is 8.22. The van der Waals surface area contributed by atoms with Gasteiger partial charge in [-0.2, -0.15) is 0 Å². The smallest absolute Gasteiger partial charge is 0.257 e. The molecule has 0 aromatic carbocycles. The van der Waals surface area contributed by atoms with E-state index in [1.807, 2.05) is 17.0 Å². The first-order chi connectivity index (χ1) is 12.8. The van der Waals surface area contributed by atoms with Crippen molar-refractivity contribution in [1.29, 1.82) is 0 Å². The molecule has 5 heteroatoms. The number of anilines is 1. The number of hydrogen-bond donors (Lipinski definition) is 1. The molecule has 1 saturated carbocycles. The molecular formula is C21H32N4O. The highest BCUT2D eigenvalue weighted by atomic mass is 16.2. The van der Waals surface area contributed by atoms with E-state index in [4.69, 9.17) is 0 Å². The number of nitrogens with zero attached hydrogens (tertiary/aromatic N) is 3. The third kappa shape index (κ3) is 4.03. The zero-order valence-corrected chi connectivity index (χ0v) is 15.8. The van der Waals surface area contributed by atoms with Crippen LogP contribution in [0.4, 0.5) is 5.82 Å². The number of nitrogens with one attached hydrogen (secondary N) is 1. The van der Waals surface area contributed by atoms with Gasteiger partial charge in [-0.1, -0.05) is 19.3 Å². The Labute approximate surface area is 157 Å². The highest BCUT2D eigenvalue weighted by Gasteiger charge is 2.29. The molecule has 0 spiro atoms. The lowest BCUT2D eigenvalue weighted by Gasteiger charge is -2.31. The maximum absolute atomic E-state index is 12.8. The number of rotatable bonds is 5. The predicted molar refractivity (Wildman–Crippen MR) is 104 cm³/mol. The number of hydrogen-bond acceptors (Lipinski definition) is 4. The second kappa shape index (κ2) is 8.38. The molecular weight excluding hydrogens is 324 g/mol. The minimum atomic E-state index is 0.133. The molecule has 1 aromatic heterocycles. The van der Waals surface area contributed by atoms with Crippen molar-refractivity contribution < 1.29 is 4.79 Å². The van der Waals surface area contributed by atoms with Crippen LogP contribution in [-0.4, -0.2) is 59.5 Å². The Balaban J connectivity index is 1.33. The summed E-state index contributed by atoms with van der Waals surface area (Å²) in [6.45, 7) is 5.11. The van der Waals surface area contributed by atoms with Crippen LogP contribution in [0.3, 0.4) is 0 Å². The van der Waals surface area contributed by atoms with Gasteiger partial charge in [0.1, 0.15) is 5.82 Å². The number of amides is 1. The molecule has 5 nitrogen and oxygen atoms in total. The highest BCUT2D eigenvalue weighted by molar-refractivity contribution is 5.98. The van der Waals surface area contributed by atoms with Crippen molar-refractivity contribution >= 4 is 11.7 Å². The van der Waals surface area contributed by atoms with E-state index in [9.17, 15) is 4.79 Å². The summed E-state index contributed by atoms with van der Waals surface area (Å²) >= 11 is 0. The summed E-state index contributed by atoms with van der Waals surface area (Å²) in [6, 6.07) is 4.60. The molecule has 2 saturated heterocycles. The lowest BCUT2D eigenvalue weighted by molar-refractivity contribution is 0.0793. The minimum absolute atomic E-state index is 0.133. The maximum atomic E-state index is 12.8. The van der Waals surface area contributed by atoms with Crippen molar-refractivity contribution in [3.05, 3.63) is 23.9 Å². The Hall–Kier alpha value is -1.62. The third-order valence-electron chi connectivity index (χ3n) is 6.40. The van der Waals surface area contributed by atoms with Gasteiger partial charge in [-0.15, -0.1) is 0 Å². The van der Waals surface area contributed by atoms with Gasteiger partial charge < -0.3 is 15.1 Å². The van der Waals surface area contributed by atoms with E-state index in [2.05, 4.69) is 15.2 Å². The number of likely N-dealkylation sites (tertiary alicyclic amines) is 2. The molecule has 1 atom stereocenters. The van der Waals surface area contributed by atoms with Gasteiger partial charge in [0.25, 0.3) is 5.91 Å². The van der Waals surface area contributed by atoms with E-state index in [1.165, 1.54) is 51.6 Å². The summed E-state index contributed by atoms with van der Waals surface area (Å²) in [4.78, 5) is 21.9. The van der Waals surface area contributed by atoms with Gasteiger partial charge in [-0.05, 0) is 56.7 Å². The van der Waals surface area contributed by atoms with Crippen molar-refractivity contribution in [2.24, 2.45) is 5.92 Å². The summed E-state index contributed by atoms with van der Waals surface area (Å²) < 4.78 is 0. The lowest BCUT2D eigenvalue weighted by Crippen LogP contribution is -2.35. The predicted octanol–water partition coefficient (Wildman–Crippen LogP) is 3.38. The van der Waals surface area contributed by atoms with Crippen LogP contribution in [-0.2, 0) is 0 Å². The molecule has 1 N–H and O–H groups in total. The molecule has 2 aliphatic heterocycles. The van der Waals surface area contributed by atoms with E-state index in [-0.39, 0.29) is 5.91 Å². The number of carbonyl (C=O) groups is 1. The zero-order chi connectivity index (χ0) is 17.8. The first kappa shape index (κ1) is 17.8. The molecule has 3 aliphatic rings. The fourth-order valence-electron chi connectivity index (χ4n) is 4.86. The average Bonchev–Trinajstić information content (AvgIpc) is 3.39. The highest BCUT2D eigenvalue weighted by Crippen LogP contribution is 2.28. The monoisotopic (exact) mass is 356 g/mol. The fraction of sp³-hybridized carbons (Fsp3) is 0.714. The topological polar surface area (TPSA) is 48.5 Å². The molecule has 4 rings (SSSR count). The Bertz CT molecular complexity index is 608. The summed E-state index contributed by atoms with van der Waals surface area (Å²) in [7, 11) is 0. The summed E-state index contributed by atoms with van der Waals surface area (Å²) in [5.41, 5.74) is 0.733. The molecule has 142 valence electrons. The lowest BCUT2D eigenvalue weighted by atomic mass is 9.94. The molecule has 1 amide bonds. The van der Waals surface area contributed by atoms with E-state index >= 15 is 0 Å². The molecule has 0 radical (unpaired) electrons. The van der Waals surface area contributed by atoms with Crippen LogP contribution in [0.5, 0.6) is 0 Å². The van der Waals surface area contributed by atoms with Crippen LogP contribution in [0, 0.1) is 5.92 Å². The molecule has 3 heterocycles. The van der Waals surface area contributed by atoms with Crippen molar-refractivity contribution in [3.8, 4) is 0 Å². The standard InChI is InChI=1S/C21H32N4O/c26-21(24-12-4-5-13-24)19-9-6-11-22-20(19)23-15-17-10-14-25(16-17)18-7-2-1-3-8-18/h6,9,11,17-18H,1-5,7-8,10,12-16H2,(H,22,23)/t17-/m1/s1. The van der Waals surface area contributed by atoms with Gasteiger partial charge in [0.15, 0.2) is 0 Å². The molecule has 0 bridgehead atoms. The van der Waals surface area contributed by atoms with Crippen LogP contribution in [0.2, 0.25) is 0 Å². The number of pyridine rings is 1. The third-order valence-corrected chi connectivity index (χ3v) is 6.40. The van der Waals surface area contributed by atoms with E-state index in [1.54, 1.807) is 6.20 Å². The largest absolute Gasteiger partial charge is 0.369 e. The van der Waals surface area contributed by atoms with Crippen LogP contribution in [0.25, 0.3) is 0 Å². The Morgan fingerprint density at radius 2 is 1.88 bits per heavy atom. The van der Waals surface area contributed by atoms with Crippen LogP contribution < -0.4 is 5.32 Å². The van der Waals surface area contributed by atoms with E-state index < -0.39 is 0 Å². The van der Waals surface area contributed by atoms with Crippen molar-refractivity contribution in [2.75, 3.05) is 38.0 Å². The Morgan fingerprint density at radius 1 is 1.08 bits per heavy atom. The molecule has 3 fully saturated rings. The van der Waals surface area contributed by atoms with Gasteiger partial charge in [-0.3, -0.25) is 4.79 Å². The van der Waals surface area contributed by atoms with Gasteiger partial charge in [0, 0.05) is 38.4 Å². The van der Waals surface area contributed by atoms with Crippen molar-refractivity contribution in [3.63, 3.8) is 0 Å². The van der Waals surface area contributed by atoms with Gasteiger partial charge >= 0.3 is 0 Å². The van der Waals surface area contributed by atoms with Gasteiger partial charge in [0.2, 0.25) is 0 Å². The summed E-state index contributed by atoms with van der Waals surface area (Å²) in [5, 5.41) is 3.50. The van der Waals surface area contributed by atoms with Gasteiger partial charge in [-0.25, -0.2) is 4.98 Å². The Kier molecular flexibility index (Phi) is 5.73. The minimum Gasteiger partial charge on any atom is -0.369 e. The number of aromatic nitrogens is 1. The second-order valence-corrected chi connectivity index (χ2v) is 8.22. The van der Waals surface area contributed by atoms with Gasteiger partial charge in [0.05, 0.1) is 5.56 Å². The first-order valence-electron chi connectivity index (χ1n) is 10.5. The SMILES string of the molecule is O=C(c1cccnc1NC[C@H]1CCN(C2CCCCC2)C1)N1CCCC1. The molecule has 0 unspecified atom stereocenters. The normalized spacial score (nSPS) is 24.9. The van der Waals surface area contributed by atoms with Crippen molar-refractivity contribution in [1.82, 2.24) is 14.8 Å². The van der Waals surface area contributed by atoms with E-state index in [0.717, 1.165) is 49.9 Å². The molecule has 26 heavy (non-hydrogen) atoms. The van der Waals surface area contributed by atoms with E-state index in [0.29, 0.717) is 5.92 Å². The van der Waals surface area contributed by atoms with Crippen LogP contribution in [0.1, 0.15) is 61.7 Å². The number of carbonyl (C=O) groups excluding carboxylic acids is 1. The van der Waals surface area contributed by atoms with Crippen LogP contribution in [0.15, 0.2) is 18.3 Å². The molecule has 1 aliphatic carbocycles. The maximum Gasteiger partial charge on any atom is 0.257 e. The van der Waals surface area contributed by atoms with Crippen LogP contribution >= 0.6 is 0 Å². The summed E-state index contributed by atoms with van der Waals surface area (Å²) in [6.07, 6.45) is 12.3. The first-order valence-corrected chi connectivity index (χ1v) is 10.5. The zero-order valence-electron chi connectivity index (χ0n) is 15.8. The Morgan fingerprint density at radius 3 is 2.69 bits per heavy atom. The fourth-order valence-corrected chi connectivity index (χ4v) is 4.86. The molecule has 1 aromatic rings. The van der Waals surface area contributed by atoms with Crippen molar-refractivity contribution in [2.45, 2.75) is 57.4 Å². The summed E-state index contributed by atoms with van der Waals surface area (Å²) in [5.74, 6) is 1.56. The quantitative estimate of drug-likeness (QED) is 0.879.